The quantitative estimate of drug-likeness (QED) is 0.809. The Kier molecular flexibility index (Phi) is 3.89. The van der Waals surface area contributed by atoms with Gasteiger partial charge in [-0.05, 0) is 19.1 Å². The van der Waals surface area contributed by atoms with Crippen LogP contribution in [0, 0.1) is 5.92 Å². The molecule has 1 heterocycles. The van der Waals surface area contributed by atoms with E-state index in [4.69, 9.17) is 14.6 Å². The molecule has 19 heavy (non-hydrogen) atoms. The van der Waals surface area contributed by atoms with Crippen molar-refractivity contribution in [3.05, 3.63) is 18.2 Å². The number of fused-ring (bicyclic) bond motifs is 1. The third-order valence-corrected chi connectivity index (χ3v) is 2.78. The van der Waals surface area contributed by atoms with Gasteiger partial charge in [-0.15, -0.1) is 0 Å². The Hall–Kier alpha value is -2.24. The van der Waals surface area contributed by atoms with E-state index in [0.717, 1.165) is 6.42 Å². The fourth-order valence-electron chi connectivity index (χ4n) is 1.60. The van der Waals surface area contributed by atoms with Crippen molar-refractivity contribution in [1.82, 2.24) is 0 Å². The summed E-state index contributed by atoms with van der Waals surface area (Å²) in [7, 11) is 0. The zero-order valence-corrected chi connectivity index (χ0v) is 10.5. The lowest BCUT2D eigenvalue weighted by Gasteiger charge is -2.11. The molecule has 0 aromatic heterocycles. The number of carbonyl (C=O) groups is 2. The summed E-state index contributed by atoms with van der Waals surface area (Å²) in [4.78, 5) is 22.3. The molecule has 1 atom stereocenters. The van der Waals surface area contributed by atoms with Crippen molar-refractivity contribution in [2.45, 2.75) is 13.3 Å². The van der Waals surface area contributed by atoms with E-state index in [1.54, 1.807) is 18.2 Å². The van der Waals surface area contributed by atoms with Gasteiger partial charge >= 0.3 is 5.97 Å². The Balaban J connectivity index is 2.11. The molecule has 0 saturated heterocycles. The first-order chi connectivity index (χ1) is 9.08. The predicted octanol–water partition coefficient (Wildman–Crippen LogP) is 1.51. The molecule has 0 radical (unpaired) electrons. The van der Waals surface area contributed by atoms with Gasteiger partial charge in [0.15, 0.2) is 11.5 Å². The van der Waals surface area contributed by atoms with Gasteiger partial charge in [0, 0.05) is 18.2 Å². The Morgan fingerprint density at radius 2 is 1.95 bits per heavy atom. The van der Waals surface area contributed by atoms with Crippen LogP contribution in [-0.2, 0) is 9.59 Å². The standard InChI is InChI=1S/C13H15NO5/c1-8(13(16)17)12(15)14-9-3-4-10-11(7-9)19-6-2-5-18-10/h3-4,7-8H,2,5-6H2,1H3,(H,14,15)(H,16,17). The number of rotatable bonds is 3. The second kappa shape index (κ2) is 5.60. The molecule has 1 aromatic carbocycles. The van der Waals surface area contributed by atoms with Crippen LogP contribution in [0.15, 0.2) is 18.2 Å². The van der Waals surface area contributed by atoms with Gasteiger partial charge in [0.25, 0.3) is 0 Å². The largest absolute Gasteiger partial charge is 0.490 e. The second-order valence-corrected chi connectivity index (χ2v) is 4.26. The molecule has 0 spiro atoms. The number of anilines is 1. The number of carboxylic acid groups (broad SMARTS) is 1. The highest BCUT2D eigenvalue weighted by molar-refractivity contribution is 6.03. The fourth-order valence-corrected chi connectivity index (χ4v) is 1.60. The number of ether oxygens (including phenoxy) is 2. The zero-order chi connectivity index (χ0) is 13.8. The van der Waals surface area contributed by atoms with Crippen molar-refractivity contribution in [3.63, 3.8) is 0 Å². The van der Waals surface area contributed by atoms with Crippen LogP contribution in [0.3, 0.4) is 0 Å². The van der Waals surface area contributed by atoms with Gasteiger partial charge in [-0.2, -0.15) is 0 Å². The summed E-state index contributed by atoms with van der Waals surface area (Å²) in [6.45, 7) is 2.48. The molecule has 1 aliphatic heterocycles. The number of nitrogens with one attached hydrogen (secondary N) is 1. The van der Waals surface area contributed by atoms with Gasteiger partial charge in [-0.1, -0.05) is 0 Å². The van der Waals surface area contributed by atoms with Gasteiger partial charge in [-0.25, -0.2) is 0 Å². The summed E-state index contributed by atoms with van der Waals surface area (Å²) in [5, 5.41) is 11.3. The van der Waals surface area contributed by atoms with Crippen LogP contribution in [0.5, 0.6) is 11.5 Å². The third kappa shape index (κ3) is 3.15. The van der Waals surface area contributed by atoms with Crippen molar-refractivity contribution >= 4 is 17.6 Å². The van der Waals surface area contributed by atoms with Crippen LogP contribution in [0.1, 0.15) is 13.3 Å². The average Bonchev–Trinajstić information content (AvgIpc) is 2.62. The normalized spacial score (nSPS) is 15.2. The maximum Gasteiger partial charge on any atom is 0.315 e. The number of carbonyl (C=O) groups excluding carboxylic acids is 1. The second-order valence-electron chi connectivity index (χ2n) is 4.26. The summed E-state index contributed by atoms with van der Waals surface area (Å²) in [6.07, 6.45) is 0.798. The first-order valence-corrected chi connectivity index (χ1v) is 6.01. The van der Waals surface area contributed by atoms with E-state index in [1.807, 2.05) is 0 Å². The topological polar surface area (TPSA) is 84.9 Å². The van der Waals surface area contributed by atoms with Crippen molar-refractivity contribution in [3.8, 4) is 11.5 Å². The number of hydrogen-bond donors (Lipinski definition) is 2. The molecule has 1 amide bonds. The minimum absolute atomic E-state index is 0.488. The lowest BCUT2D eigenvalue weighted by Crippen LogP contribution is -2.26. The van der Waals surface area contributed by atoms with E-state index in [0.29, 0.717) is 30.4 Å². The molecule has 102 valence electrons. The molecule has 2 N–H and O–H groups in total. The Bertz CT molecular complexity index is 500. The van der Waals surface area contributed by atoms with Crippen LogP contribution in [-0.4, -0.2) is 30.2 Å². The molecular formula is C13H15NO5. The monoisotopic (exact) mass is 265 g/mol. The van der Waals surface area contributed by atoms with E-state index in [9.17, 15) is 9.59 Å². The van der Waals surface area contributed by atoms with Crippen LogP contribution in [0.2, 0.25) is 0 Å². The summed E-state index contributed by atoms with van der Waals surface area (Å²) >= 11 is 0. The minimum Gasteiger partial charge on any atom is -0.490 e. The summed E-state index contributed by atoms with van der Waals surface area (Å²) < 4.78 is 10.9. The van der Waals surface area contributed by atoms with Gasteiger partial charge in [0.1, 0.15) is 5.92 Å². The highest BCUT2D eigenvalue weighted by Gasteiger charge is 2.21. The van der Waals surface area contributed by atoms with Crippen molar-refractivity contribution < 1.29 is 24.2 Å². The number of aliphatic carboxylic acids is 1. The van der Waals surface area contributed by atoms with E-state index < -0.39 is 17.8 Å². The summed E-state index contributed by atoms with van der Waals surface area (Å²) in [6, 6.07) is 4.98. The van der Waals surface area contributed by atoms with Crippen molar-refractivity contribution in [1.29, 1.82) is 0 Å². The molecule has 0 saturated carbocycles. The SMILES string of the molecule is CC(C(=O)O)C(=O)Nc1ccc2c(c1)OCCCO2. The Labute approximate surface area is 110 Å². The maximum atomic E-state index is 11.6. The van der Waals surface area contributed by atoms with Crippen molar-refractivity contribution in [2.75, 3.05) is 18.5 Å². The number of carboxylic acids is 1. The van der Waals surface area contributed by atoms with Crippen LogP contribution in [0.25, 0.3) is 0 Å². The zero-order valence-electron chi connectivity index (χ0n) is 10.5. The minimum atomic E-state index is -1.16. The lowest BCUT2D eigenvalue weighted by atomic mass is 10.1. The molecule has 1 unspecified atom stereocenters. The van der Waals surface area contributed by atoms with Gasteiger partial charge < -0.3 is 19.9 Å². The van der Waals surface area contributed by atoms with Crippen molar-refractivity contribution in [2.24, 2.45) is 5.92 Å². The number of hydrogen-bond acceptors (Lipinski definition) is 4. The van der Waals surface area contributed by atoms with Crippen LogP contribution in [0.4, 0.5) is 5.69 Å². The molecular weight excluding hydrogens is 250 g/mol. The van der Waals surface area contributed by atoms with Crippen LogP contribution < -0.4 is 14.8 Å². The van der Waals surface area contributed by atoms with E-state index in [-0.39, 0.29) is 0 Å². The van der Waals surface area contributed by atoms with E-state index in [1.165, 1.54) is 6.92 Å². The van der Waals surface area contributed by atoms with E-state index in [2.05, 4.69) is 5.32 Å². The Morgan fingerprint density at radius 3 is 2.63 bits per heavy atom. The summed E-state index contributed by atoms with van der Waals surface area (Å²) in [5.41, 5.74) is 0.488. The average molecular weight is 265 g/mol. The molecule has 0 aliphatic carbocycles. The highest BCUT2D eigenvalue weighted by Crippen LogP contribution is 2.32. The molecule has 1 aromatic rings. The summed E-state index contributed by atoms with van der Waals surface area (Å²) in [5.74, 6) is -1.65. The lowest BCUT2D eigenvalue weighted by molar-refractivity contribution is -0.144. The predicted molar refractivity (Wildman–Crippen MR) is 67.5 cm³/mol. The molecule has 0 fully saturated rings. The number of amides is 1. The number of benzene rings is 1. The highest BCUT2D eigenvalue weighted by atomic mass is 16.5. The molecule has 2 rings (SSSR count). The molecule has 6 nitrogen and oxygen atoms in total. The first kappa shape index (κ1) is 13.2. The maximum absolute atomic E-state index is 11.6. The van der Waals surface area contributed by atoms with Gasteiger partial charge in [0.05, 0.1) is 13.2 Å². The Morgan fingerprint density at radius 1 is 1.26 bits per heavy atom. The van der Waals surface area contributed by atoms with Gasteiger partial charge in [0.2, 0.25) is 5.91 Å². The van der Waals surface area contributed by atoms with Crippen LogP contribution >= 0.6 is 0 Å². The molecule has 1 aliphatic rings. The fraction of sp³-hybridized carbons (Fsp3) is 0.385. The first-order valence-electron chi connectivity index (χ1n) is 6.01. The smallest absolute Gasteiger partial charge is 0.315 e. The molecule has 6 heteroatoms. The van der Waals surface area contributed by atoms with E-state index >= 15 is 0 Å². The molecule has 0 bridgehead atoms. The van der Waals surface area contributed by atoms with Gasteiger partial charge in [-0.3, -0.25) is 9.59 Å². The third-order valence-electron chi connectivity index (χ3n) is 2.78.